The molecule has 2 amide bonds. The maximum absolute atomic E-state index is 12.8. The highest BCUT2D eigenvalue weighted by molar-refractivity contribution is 5.95. The average Bonchev–Trinajstić information content (AvgIpc) is 3.25. The molecule has 2 aromatic carbocycles. The van der Waals surface area contributed by atoms with Crippen LogP contribution in [0.4, 0.5) is 0 Å². The number of para-hydroxylation sites is 1. The van der Waals surface area contributed by atoms with Gasteiger partial charge >= 0.3 is 0 Å². The maximum atomic E-state index is 12.8. The normalized spacial score (nSPS) is 11.1. The summed E-state index contributed by atoms with van der Waals surface area (Å²) in [5.41, 5.74) is 3.35. The van der Waals surface area contributed by atoms with E-state index < -0.39 is 0 Å². The molecule has 7 nitrogen and oxygen atoms in total. The highest BCUT2D eigenvalue weighted by atomic mass is 16.5. The molecular weight excluding hydrogens is 416 g/mol. The molecule has 0 aliphatic carbocycles. The molecule has 0 radical (unpaired) electrons. The van der Waals surface area contributed by atoms with Crippen LogP contribution in [0.2, 0.25) is 0 Å². The Labute approximate surface area is 194 Å². The van der Waals surface area contributed by atoms with E-state index >= 15 is 0 Å². The van der Waals surface area contributed by atoms with Gasteiger partial charge in [-0.15, -0.1) is 0 Å². The number of ether oxygens (including phenoxy) is 1. The number of rotatable bonds is 9. The van der Waals surface area contributed by atoms with Crippen molar-refractivity contribution in [1.82, 2.24) is 20.0 Å². The Kier molecular flexibility index (Phi) is 8.02. The number of carbonyl (C=O) groups excluding carboxylic acids is 2. The highest BCUT2D eigenvalue weighted by Crippen LogP contribution is 2.26. The summed E-state index contributed by atoms with van der Waals surface area (Å²) in [5, 5.41) is 7.58. The van der Waals surface area contributed by atoms with E-state index in [1.54, 1.807) is 17.9 Å². The molecular formula is C26H30N4O3. The van der Waals surface area contributed by atoms with E-state index in [0.29, 0.717) is 6.54 Å². The summed E-state index contributed by atoms with van der Waals surface area (Å²) in [4.78, 5) is 26.4. The molecule has 0 fully saturated rings. The zero-order valence-corrected chi connectivity index (χ0v) is 19.5. The van der Waals surface area contributed by atoms with Crippen molar-refractivity contribution in [2.24, 2.45) is 0 Å². The second-order valence-electron chi connectivity index (χ2n) is 7.85. The molecule has 0 atom stereocenters. The van der Waals surface area contributed by atoms with Crippen LogP contribution in [0.5, 0.6) is 5.75 Å². The minimum Gasteiger partial charge on any atom is -0.497 e. The van der Waals surface area contributed by atoms with Gasteiger partial charge in [0.05, 0.1) is 25.0 Å². The molecule has 0 saturated heterocycles. The molecule has 172 valence electrons. The molecule has 3 aromatic rings. The number of benzene rings is 2. The lowest BCUT2D eigenvalue weighted by molar-refractivity contribution is -0.132. The fraction of sp³-hybridized carbons (Fsp3) is 0.269. The van der Waals surface area contributed by atoms with Crippen LogP contribution in [0, 0.1) is 0 Å². The largest absolute Gasteiger partial charge is 0.497 e. The van der Waals surface area contributed by atoms with Crippen LogP contribution in [0.25, 0.3) is 23.0 Å². The summed E-state index contributed by atoms with van der Waals surface area (Å²) in [5.74, 6) is 0.348. The van der Waals surface area contributed by atoms with Gasteiger partial charge in [0.25, 0.3) is 0 Å². The van der Waals surface area contributed by atoms with E-state index in [-0.39, 0.29) is 24.4 Å². The van der Waals surface area contributed by atoms with Gasteiger partial charge in [0.1, 0.15) is 5.75 Å². The first-order valence-corrected chi connectivity index (χ1v) is 11.0. The second kappa shape index (κ2) is 11.1. The summed E-state index contributed by atoms with van der Waals surface area (Å²) in [6.45, 7) is 6.09. The number of hydrogen-bond acceptors (Lipinski definition) is 4. The number of hydrogen-bond donors (Lipinski definition) is 1. The van der Waals surface area contributed by atoms with E-state index in [9.17, 15) is 9.59 Å². The van der Waals surface area contributed by atoms with Crippen molar-refractivity contribution in [3.63, 3.8) is 0 Å². The predicted molar refractivity (Wildman–Crippen MR) is 130 cm³/mol. The second-order valence-corrected chi connectivity index (χ2v) is 7.85. The molecule has 3 rings (SSSR count). The van der Waals surface area contributed by atoms with Gasteiger partial charge in [-0.05, 0) is 63.2 Å². The van der Waals surface area contributed by atoms with Crippen molar-refractivity contribution in [3.05, 3.63) is 72.4 Å². The Bertz CT molecular complexity index is 1100. The lowest BCUT2D eigenvalue weighted by Gasteiger charge is -2.19. The van der Waals surface area contributed by atoms with E-state index in [4.69, 9.17) is 9.84 Å². The molecule has 1 N–H and O–H groups in total. The van der Waals surface area contributed by atoms with Crippen LogP contribution in [0.3, 0.4) is 0 Å². The number of carbonyl (C=O) groups is 2. The minimum absolute atomic E-state index is 0.0203. The molecule has 1 aromatic heterocycles. The van der Waals surface area contributed by atoms with E-state index in [1.807, 2.05) is 81.6 Å². The molecule has 0 aliphatic rings. The molecule has 0 saturated carbocycles. The number of aromatic nitrogens is 2. The van der Waals surface area contributed by atoms with E-state index in [0.717, 1.165) is 28.3 Å². The van der Waals surface area contributed by atoms with Crippen molar-refractivity contribution in [2.45, 2.75) is 26.8 Å². The van der Waals surface area contributed by atoms with Gasteiger partial charge in [-0.3, -0.25) is 9.59 Å². The molecule has 0 unspecified atom stereocenters. The summed E-state index contributed by atoms with van der Waals surface area (Å²) in [6.07, 6.45) is 5.13. The fourth-order valence-electron chi connectivity index (χ4n) is 3.35. The highest BCUT2D eigenvalue weighted by Gasteiger charge is 2.15. The Hall–Kier alpha value is -3.87. The molecule has 0 spiro atoms. The topological polar surface area (TPSA) is 76.5 Å². The Morgan fingerprint density at radius 3 is 2.42 bits per heavy atom. The Balaban J connectivity index is 1.89. The van der Waals surface area contributed by atoms with Crippen LogP contribution in [0.1, 0.15) is 26.3 Å². The van der Waals surface area contributed by atoms with Crippen molar-refractivity contribution in [1.29, 1.82) is 0 Å². The third kappa shape index (κ3) is 6.32. The average molecular weight is 447 g/mol. The first kappa shape index (κ1) is 23.8. The minimum atomic E-state index is -0.232. The molecule has 33 heavy (non-hydrogen) atoms. The van der Waals surface area contributed by atoms with Crippen LogP contribution < -0.4 is 10.1 Å². The molecule has 1 heterocycles. The standard InChI is InChI=1S/C26H30N4O3/c1-5-29(18-24(31)27-19(2)3)25(32)16-13-21-17-30(22-9-7-6-8-10-22)28-26(21)20-11-14-23(33-4)15-12-20/h6-17,19H,5,18H2,1-4H3,(H,27,31). The van der Waals surface area contributed by atoms with Gasteiger partial charge in [-0.1, -0.05) is 18.2 Å². The van der Waals surface area contributed by atoms with Gasteiger partial charge in [-0.25, -0.2) is 4.68 Å². The summed E-state index contributed by atoms with van der Waals surface area (Å²) >= 11 is 0. The van der Waals surface area contributed by atoms with Crippen molar-refractivity contribution in [2.75, 3.05) is 20.2 Å². The SMILES string of the molecule is CCN(CC(=O)NC(C)C)C(=O)C=Cc1cn(-c2ccccc2)nc1-c1ccc(OC)cc1. The molecule has 0 bridgehead atoms. The number of methoxy groups -OCH3 is 1. The van der Waals surface area contributed by atoms with Gasteiger partial charge < -0.3 is 15.0 Å². The number of nitrogens with zero attached hydrogens (tertiary/aromatic N) is 3. The van der Waals surface area contributed by atoms with Crippen molar-refractivity contribution >= 4 is 17.9 Å². The lowest BCUT2D eigenvalue weighted by atomic mass is 10.1. The van der Waals surface area contributed by atoms with Crippen LogP contribution in [0.15, 0.2) is 66.9 Å². The quantitative estimate of drug-likeness (QED) is 0.505. The first-order valence-electron chi connectivity index (χ1n) is 11.0. The Morgan fingerprint density at radius 2 is 1.82 bits per heavy atom. The fourth-order valence-corrected chi connectivity index (χ4v) is 3.35. The van der Waals surface area contributed by atoms with Crippen LogP contribution in [-0.2, 0) is 9.59 Å². The lowest BCUT2D eigenvalue weighted by Crippen LogP contribution is -2.42. The zero-order chi connectivity index (χ0) is 23.8. The zero-order valence-electron chi connectivity index (χ0n) is 19.5. The van der Waals surface area contributed by atoms with Gasteiger partial charge in [0.15, 0.2) is 0 Å². The van der Waals surface area contributed by atoms with Gasteiger partial charge in [0.2, 0.25) is 11.8 Å². The van der Waals surface area contributed by atoms with Crippen molar-refractivity contribution < 1.29 is 14.3 Å². The third-order valence-corrected chi connectivity index (χ3v) is 5.01. The smallest absolute Gasteiger partial charge is 0.247 e. The number of amides is 2. The molecule has 0 aliphatic heterocycles. The Morgan fingerprint density at radius 1 is 1.12 bits per heavy atom. The van der Waals surface area contributed by atoms with E-state index in [2.05, 4.69) is 5.32 Å². The van der Waals surface area contributed by atoms with Crippen LogP contribution >= 0.6 is 0 Å². The summed E-state index contributed by atoms with van der Waals surface area (Å²) in [7, 11) is 1.62. The number of nitrogens with one attached hydrogen (secondary N) is 1. The molecule has 7 heteroatoms. The van der Waals surface area contributed by atoms with Crippen molar-refractivity contribution in [3.8, 4) is 22.7 Å². The maximum Gasteiger partial charge on any atom is 0.247 e. The summed E-state index contributed by atoms with van der Waals surface area (Å²) < 4.78 is 7.05. The van der Waals surface area contributed by atoms with Crippen LogP contribution in [-0.4, -0.2) is 52.7 Å². The first-order chi connectivity index (χ1) is 15.9. The van der Waals surface area contributed by atoms with Gasteiger partial charge in [0, 0.05) is 36.0 Å². The predicted octanol–water partition coefficient (Wildman–Crippen LogP) is 3.93. The monoisotopic (exact) mass is 446 g/mol. The van der Waals surface area contributed by atoms with Gasteiger partial charge in [-0.2, -0.15) is 5.10 Å². The summed E-state index contributed by atoms with van der Waals surface area (Å²) in [6, 6.07) is 17.4. The number of likely N-dealkylation sites (N-methyl/N-ethyl adjacent to an activating group) is 1. The van der Waals surface area contributed by atoms with E-state index in [1.165, 1.54) is 11.0 Å². The third-order valence-electron chi connectivity index (χ3n) is 5.01.